The number of hydrogen-bond donors (Lipinski definition) is 0. The van der Waals surface area contributed by atoms with Crippen LogP contribution in [0.3, 0.4) is 0 Å². The monoisotopic (exact) mass is 216 g/mol. The molecular formula is C12H12N2O2. The van der Waals surface area contributed by atoms with E-state index < -0.39 is 0 Å². The Hall–Kier alpha value is -1.97. The summed E-state index contributed by atoms with van der Waals surface area (Å²) in [4.78, 5) is 15.0. The Kier molecular flexibility index (Phi) is 2.81. The van der Waals surface area contributed by atoms with E-state index in [0.29, 0.717) is 10.9 Å². The minimum atomic E-state index is -0.344. The summed E-state index contributed by atoms with van der Waals surface area (Å²) in [6, 6.07) is 8.74. The van der Waals surface area contributed by atoms with Crippen molar-refractivity contribution in [2.45, 2.75) is 19.8 Å². The van der Waals surface area contributed by atoms with E-state index in [-0.39, 0.29) is 10.6 Å². The molecule has 0 aliphatic heterocycles. The van der Waals surface area contributed by atoms with Crippen molar-refractivity contribution in [1.29, 1.82) is 0 Å². The molecule has 0 amide bonds. The molecule has 16 heavy (non-hydrogen) atoms. The van der Waals surface area contributed by atoms with Crippen LogP contribution in [0.4, 0.5) is 5.69 Å². The van der Waals surface area contributed by atoms with E-state index in [0.717, 1.165) is 18.5 Å². The quantitative estimate of drug-likeness (QED) is 0.585. The van der Waals surface area contributed by atoms with Gasteiger partial charge in [0, 0.05) is 11.8 Å². The van der Waals surface area contributed by atoms with Gasteiger partial charge in [0.1, 0.15) is 0 Å². The molecule has 0 saturated carbocycles. The van der Waals surface area contributed by atoms with Crippen LogP contribution in [0, 0.1) is 10.1 Å². The highest BCUT2D eigenvalue weighted by atomic mass is 16.6. The third-order valence-electron chi connectivity index (χ3n) is 2.45. The molecule has 0 saturated heterocycles. The summed E-state index contributed by atoms with van der Waals surface area (Å²) in [5.74, 6) is 0. The lowest BCUT2D eigenvalue weighted by molar-refractivity contribution is -0.383. The van der Waals surface area contributed by atoms with Crippen LogP contribution < -0.4 is 0 Å². The maximum absolute atomic E-state index is 10.9. The van der Waals surface area contributed by atoms with Crippen LogP contribution in [-0.2, 0) is 6.42 Å². The van der Waals surface area contributed by atoms with Gasteiger partial charge in [0.15, 0.2) is 0 Å². The topological polar surface area (TPSA) is 56.0 Å². The van der Waals surface area contributed by atoms with Gasteiger partial charge in [-0.25, -0.2) is 0 Å². The van der Waals surface area contributed by atoms with E-state index in [1.807, 2.05) is 19.1 Å². The van der Waals surface area contributed by atoms with Crippen molar-refractivity contribution in [2.24, 2.45) is 0 Å². The van der Waals surface area contributed by atoms with Crippen molar-refractivity contribution < 1.29 is 4.92 Å². The van der Waals surface area contributed by atoms with Gasteiger partial charge < -0.3 is 0 Å². The summed E-state index contributed by atoms with van der Waals surface area (Å²) < 4.78 is 0. The SMILES string of the molecule is CCCc1cc([N+](=O)[O-])c2ccccc2n1. The molecule has 1 aromatic heterocycles. The van der Waals surface area contributed by atoms with Crippen molar-refractivity contribution in [2.75, 3.05) is 0 Å². The Labute approximate surface area is 93.1 Å². The number of fused-ring (bicyclic) bond motifs is 1. The minimum Gasteiger partial charge on any atom is -0.258 e. The summed E-state index contributed by atoms with van der Waals surface area (Å²) in [7, 11) is 0. The molecule has 0 N–H and O–H groups in total. The predicted octanol–water partition coefficient (Wildman–Crippen LogP) is 3.10. The molecule has 1 aromatic carbocycles. The number of nitro groups is 1. The average Bonchev–Trinajstić information content (AvgIpc) is 2.28. The van der Waals surface area contributed by atoms with Crippen LogP contribution in [0.25, 0.3) is 10.9 Å². The second kappa shape index (κ2) is 4.26. The van der Waals surface area contributed by atoms with Gasteiger partial charge in [-0.1, -0.05) is 25.5 Å². The maximum atomic E-state index is 10.9. The molecule has 0 spiro atoms. The van der Waals surface area contributed by atoms with Gasteiger partial charge in [0.05, 0.1) is 15.8 Å². The fourth-order valence-electron chi connectivity index (χ4n) is 1.75. The molecule has 0 aliphatic carbocycles. The number of aryl methyl sites for hydroxylation is 1. The second-order valence-corrected chi connectivity index (χ2v) is 3.66. The standard InChI is InChI=1S/C12H12N2O2/c1-2-5-9-8-12(14(15)16)10-6-3-4-7-11(10)13-9/h3-4,6-8H,2,5H2,1H3. The van der Waals surface area contributed by atoms with Crippen molar-refractivity contribution in [3.63, 3.8) is 0 Å². The van der Waals surface area contributed by atoms with E-state index in [2.05, 4.69) is 4.98 Å². The van der Waals surface area contributed by atoms with Gasteiger partial charge in [-0.3, -0.25) is 15.1 Å². The zero-order chi connectivity index (χ0) is 11.5. The van der Waals surface area contributed by atoms with Crippen molar-refractivity contribution in [3.05, 3.63) is 46.1 Å². The highest BCUT2D eigenvalue weighted by Crippen LogP contribution is 2.25. The highest BCUT2D eigenvalue weighted by molar-refractivity contribution is 5.87. The van der Waals surface area contributed by atoms with E-state index in [1.54, 1.807) is 18.2 Å². The summed E-state index contributed by atoms with van der Waals surface area (Å²) >= 11 is 0. The molecule has 0 unspecified atom stereocenters. The van der Waals surface area contributed by atoms with Crippen LogP contribution in [-0.4, -0.2) is 9.91 Å². The lowest BCUT2D eigenvalue weighted by Gasteiger charge is -2.02. The molecule has 0 aliphatic rings. The summed E-state index contributed by atoms with van der Waals surface area (Å²) in [5, 5.41) is 11.6. The largest absolute Gasteiger partial charge is 0.280 e. The van der Waals surface area contributed by atoms with Gasteiger partial charge in [-0.2, -0.15) is 0 Å². The Balaban J connectivity index is 2.68. The number of rotatable bonds is 3. The molecule has 2 rings (SSSR count). The average molecular weight is 216 g/mol. The summed E-state index contributed by atoms with van der Waals surface area (Å²) in [5.41, 5.74) is 1.63. The molecule has 2 aromatic rings. The first-order valence-corrected chi connectivity index (χ1v) is 5.25. The van der Waals surface area contributed by atoms with Gasteiger partial charge >= 0.3 is 0 Å². The van der Waals surface area contributed by atoms with Gasteiger partial charge in [0.2, 0.25) is 0 Å². The molecule has 0 radical (unpaired) electrons. The van der Waals surface area contributed by atoms with Gasteiger partial charge in [-0.15, -0.1) is 0 Å². The van der Waals surface area contributed by atoms with E-state index in [9.17, 15) is 10.1 Å². The third-order valence-corrected chi connectivity index (χ3v) is 2.45. The van der Waals surface area contributed by atoms with E-state index in [1.165, 1.54) is 0 Å². The van der Waals surface area contributed by atoms with Crippen molar-refractivity contribution >= 4 is 16.6 Å². The van der Waals surface area contributed by atoms with Crippen molar-refractivity contribution in [1.82, 2.24) is 4.98 Å². The Morgan fingerprint density at radius 1 is 1.38 bits per heavy atom. The molecule has 4 nitrogen and oxygen atoms in total. The smallest absolute Gasteiger partial charge is 0.258 e. The fourth-order valence-corrected chi connectivity index (χ4v) is 1.75. The van der Waals surface area contributed by atoms with Crippen LogP contribution in [0.1, 0.15) is 19.0 Å². The lowest BCUT2D eigenvalue weighted by Crippen LogP contribution is -1.96. The number of pyridine rings is 1. The number of nitrogens with zero attached hydrogens (tertiary/aromatic N) is 2. The maximum Gasteiger partial charge on any atom is 0.280 e. The lowest BCUT2D eigenvalue weighted by atomic mass is 10.1. The summed E-state index contributed by atoms with van der Waals surface area (Å²) in [6.07, 6.45) is 1.70. The normalized spacial score (nSPS) is 10.6. The second-order valence-electron chi connectivity index (χ2n) is 3.66. The number of aromatic nitrogens is 1. The first kappa shape index (κ1) is 10.5. The number of benzene rings is 1. The van der Waals surface area contributed by atoms with Crippen LogP contribution >= 0.6 is 0 Å². The van der Waals surface area contributed by atoms with Gasteiger partial charge in [-0.05, 0) is 18.6 Å². The molecule has 1 heterocycles. The first-order chi connectivity index (χ1) is 7.72. The molecular weight excluding hydrogens is 204 g/mol. The minimum absolute atomic E-state index is 0.147. The first-order valence-electron chi connectivity index (χ1n) is 5.25. The molecule has 0 bridgehead atoms. The zero-order valence-corrected chi connectivity index (χ0v) is 9.01. The fraction of sp³-hybridized carbons (Fsp3) is 0.250. The van der Waals surface area contributed by atoms with Crippen LogP contribution in [0.2, 0.25) is 0 Å². The zero-order valence-electron chi connectivity index (χ0n) is 9.01. The van der Waals surface area contributed by atoms with Crippen molar-refractivity contribution in [3.8, 4) is 0 Å². The van der Waals surface area contributed by atoms with Crippen LogP contribution in [0.5, 0.6) is 0 Å². The molecule has 4 heteroatoms. The highest BCUT2D eigenvalue weighted by Gasteiger charge is 2.13. The Morgan fingerprint density at radius 3 is 2.81 bits per heavy atom. The number of para-hydroxylation sites is 1. The molecule has 0 atom stereocenters. The van der Waals surface area contributed by atoms with E-state index >= 15 is 0 Å². The van der Waals surface area contributed by atoms with E-state index in [4.69, 9.17) is 0 Å². The van der Waals surface area contributed by atoms with Crippen LogP contribution in [0.15, 0.2) is 30.3 Å². The predicted molar refractivity (Wildman–Crippen MR) is 62.4 cm³/mol. The van der Waals surface area contributed by atoms with Gasteiger partial charge in [0.25, 0.3) is 5.69 Å². The Bertz CT molecular complexity index is 538. The molecule has 0 fully saturated rings. The third kappa shape index (κ3) is 1.86. The Morgan fingerprint density at radius 2 is 2.12 bits per heavy atom. The number of hydrogen-bond acceptors (Lipinski definition) is 3. The molecule has 82 valence electrons. The summed E-state index contributed by atoms with van der Waals surface area (Å²) in [6.45, 7) is 2.03.